The molecule has 0 aliphatic rings. The number of hydrogen-bond donors (Lipinski definition) is 0. The molecular weight excluding hydrogens is 260 g/mol. The molecule has 0 N–H and O–H groups in total. The first kappa shape index (κ1) is 14.1. The number of carbonyl (C=O) groups excluding carboxylic acids is 1. The molecule has 0 saturated heterocycles. The van der Waals surface area contributed by atoms with Crippen LogP contribution in [0.25, 0.3) is 6.08 Å². The minimum absolute atomic E-state index is 0.0763. The van der Waals surface area contributed by atoms with Crippen LogP contribution >= 0.6 is 11.6 Å². The van der Waals surface area contributed by atoms with Crippen molar-refractivity contribution in [2.75, 3.05) is 6.61 Å². The highest BCUT2D eigenvalue weighted by molar-refractivity contribution is 6.30. The monoisotopic (exact) mass is 270 g/mol. The van der Waals surface area contributed by atoms with Gasteiger partial charge in [0.15, 0.2) is 0 Å². The average Bonchev–Trinajstić information content (AvgIpc) is 2.31. The average molecular weight is 271 g/mol. The lowest BCUT2D eigenvalue weighted by molar-refractivity contribution is -0.385. The second kappa shape index (κ2) is 6.70. The van der Waals surface area contributed by atoms with Gasteiger partial charge in [-0.05, 0) is 6.92 Å². The van der Waals surface area contributed by atoms with E-state index in [-0.39, 0.29) is 23.2 Å². The first-order valence-corrected chi connectivity index (χ1v) is 5.54. The predicted molar refractivity (Wildman–Crippen MR) is 66.2 cm³/mol. The van der Waals surface area contributed by atoms with Crippen LogP contribution in [0, 0.1) is 10.1 Å². The highest BCUT2D eigenvalue weighted by Gasteiger charge is 2.09. The molecule has 0 atom stereocenters. The van der Waals surface area contributed by atoms with Crippen molar-refractivity contribution in [2.24, 2.45) is 0 Å². The second-order valence-electron chi connectivity index (χ2n) is 3.24. The summed E-state index contributed by atoms with van der Waals surface area (Å²) in [6.07, 6.45) is 4.17. The van der Waals surface area contributed by atoms with Crippen molar-refractivity contribution < 1.29 is 14.5 Å². The van der Waals surface area contributed by atoms with E-state index in [1.807, 2.05) is 0 Å². The third-order valence-electron chi connectivity index (χ3n) is 1.95. The Morgan fingerprint density at radius 1 is 1.67 bits per heavy atom. The van der Waals surface area contributed by atoms with Gasteiger partial charge in [0.05, 0.1) is 18.0 Å². The quantitative estimate of drug-likeness (QED) is 0.355. The third-order valence-corrected chi connectivity index (χ3v) is 2.27. The molecule has 0 amide bonds. The molecule has 0 aliphatic carbocycles. The van der Waals surface area contributed by atoms with Gasteiger partial charge in [-0.25, -0.2) is 4.98 Å². The van der Waals surface area contributed by atoms with Gasteiger partial charge in [-0.15, -0.1) is 0 Å². The Labute approximate surface area is 108 Å². The number of carbonyl (C=O) groups is 1. The number of ether oxygens (including phenoxy) is 1. The van der Waals surface area contributed by atoms with Crippen molar-refractivity contribution in [1.29, 1.82) is 0 Å². The second-order valence-corrected chi connectivity index (χ2v) is 3.60. The van der Waals surface area contributed by atoms with Crippen molar-refractivity contribution in [3.63, 3.8) is 0 Å². The number of hydrogen-bond acceptors (Lipinski definition) is 5. The van der Waals surface area contributed by atoms with Crippen LogP contribution in [0.5, 0.6) is 0 Å². The van der Waals surface area contributed by atoms with Crippen molar-refractivity contribution in [3.8, 4) is 0 Å². The summed E-state index contributed by atoms with van der Waals surface area (Å²) >= 11 is 5.78. The number of nitro groups is 1. The smallest absolute Gasteiger partial charge is 0.309 e. The zero-order valence-corrected chi connectivity index (χ0v) is 10.4. The van der Waals surface area contributed by atoms with Crippen LogP contribution in [0.3, 0.4) is 0 Å². The molecule has 18 heavy (non-hydrogen) atoms. The number of aromatic nitrogens is 1. The van der Waals surface area contributed by atoms with Gasteiger partial charge < -0.3 is 4.74 Å². The van der Waals surface area contributed by atoms with Gasteiger partial charge in [0.25, 0.3) is 5.69 Å². The lowest BCUT2D eigenvalue weighted by Gasteiger charge is -1.98. The molecule has 0 unspecified atom stereocenters. The maximum atomic E-state index is 11.1. The van der Waals surface area contributed by atoms with E-state index in [9.17, 15) is 14.9 Å². The summed E-state index contributed by atoms with van der Waals surface area (Å²) in [5, 5.41) is 10.7. The summed E-state index contributed by atoms with van der Waals surface area (Å²) in [6.45, 7) is 2.02. The standard InChI is InChI=1S/C11H11ClN2O4/c1-2-18-10(15)5-3-4-8-6-9(14(16)17)7-13-11(8)12/h3-4,6-7H,2,5H2,1H3. The highest BCUT2D eigenvalue weighted by atomic mass is 35.5. The molecule has 7 heteroatoms. The summed E-state index contributed by atoms with van der Waals surface area (Å²) in [4.78, 5) is 24.7. The van der Waals surface area contributed by atoms with Crippen molar-refractivity contribution >= 4 is 29.3 Å². The summed E-state index contributed by atoms with van der Waals surface area (Å²) in [5.74, 6) is -0.372. The maximum absolute atomic E-state index is 11.1. The van der Waals surface area contributed by atoms with Gasteiger partial charge in [0.2, 0.25) is 0 Å². The van der Waals surface area contributed by atoms with E-state index in [0.717, 1.165) is 6.20 Å². The molecule has 0 spiro atoms. The van der Waals surface area contributed by atoms with Crippen LogP contribution in [0.1, 0.15) is 18.9 Å². The van der Waals surface area contributed by atoms with Crippen molar-refractivity contribution in [3.05, 3.63) is 39.2 Å². The molecule has 0 aromatic carbocycles. The number of pyridine rings is 1. The van der Waals surface area contributed by atoms with Crippen molar-refractivity contribution in [2.45, 2.75) is 13.3 Å². The topological polar surface area (TPSA) is 82.3 Å². The van der Waals surface area contributed by atoms with Gasteiger partial charge in [0, 0.05) is 11.6 Å². The van der Waals surface area contributed by atoms with E-state index in [0.29, 0.717) is 12.2 Å². The molecule has 6 nitrogen and oxygen atoms in total. The molecule has 1 aromatic rings. The molecule has 0 bridgehead atoms. The number of esters is 1. The Morgan fingerprint density at radius 2 is 2.39 bits per heavy atom. The molecule has 0 saturated carbocycles. The van der Waals surface area contributed by atoms with Crippen LogP contribution in [0.15, 0.2) is 18.3 Å². The largest absolute Gasteiger partial charge is 0.466 e. The van der Waals surface area contributed by atoms with Crippen LogP contribution in [0.2, 0.25) is 5.15 Å². The molecule has 1 heterocycles. The lowest BCUT2D eigenvalue weighted by Crippen LogP contribution is -2.01. The Hall–Kier alpha value is -1.95. The molecule has 96 valence electrons. The number of rotatable bonds is 5. The van der Waals surface area contributed by atoms with Gasteiger partial charge in [-0.1, -0.05) is 23.8 Å². The Bertz CT molecular complexity index is 488. The fraction of sp³-hybridized carbons (Fsp3) is 0.273. The summed E-state index contributed by atoms with van der Waals surface area (Å²) < 4.78 is 4.72. The SMILES string of the molecule is CCOC(=O)CC=Cc1cc([N+](=O)[O-])cnc1Cl. The molecular formula is C11H11ClN2O4. The number of halogens is 1. The fourth-order valence-corrected chi connectivity index (χ4v) is 1.34. The van der Waals surface area contributed by atoms with Crippen molar-refractivity contribution in [1.82, 2.24) is 4.98 Å². The van der Waals surface area contributed by atoms with Crippen LogP contribution in [-0.2, 0) is 9.53 Å². The third kappa shape index (κ3) is 4.14. The van der Waals surface area contributed by atoms with E-state index in [2.05, 4.69) is 4.98 Å². The van der Waals surface area contributed by atoms with E-state index in [4.69, 9.17) is 16.3 Å². The molecule has 1 rings (SSSR count). The molecule has 0 radical (unpaired) electrons. The normalized spacial score (nSPS) is 10.6. The van der Waals surface area contributed by atoms with Gasteiger partial charge in [0.1, 0.15) is 11.3 Å². The summed E-state index contributed by atoms with van der Waals surface area (Å²) in [5.41, 5.74) is 0.227. The summed E-state index contributed by atoms with van der Waals surface area (Å²) in [6, 6.07) is 1.29. The van der Waals surface area contributed by atoms with Crippen LogP contribution in [-0.4, -0.2) is 22.5 Å². The highest BCUT2D eigenvalue weighted by Crippen LogP contribution is 2.20. The van der Waals surface area contributed by atoms with Gasteiger partial charge in [-0.2, -0.15) is 0 Å². The minimum Gasteiger partial charge on any atom is -0.466 e. The van der Waals surface area contributed by atoms with Gasteiger partial charge in [-0.3, -0.25) is 14.9 Å². The van der Waals surface area contributed by atoms with Crippen LogP contribution < -0.4 is 0 Å². The lowest BCUT2D eigenvalue weighted by atomic mass is 10.2. The molecule has 1 aromatic heterocycles. The number of nitrogens with zero attached hydrogens (tertiary/aromatic N) is 2. The fourth-order valence-electron chi connectivity index (χ4n) is 1.17. The first-order valence-electron chi connectivity index (χ1n) is 5.16. The minimum atomic E-state index is -0.563. The zero-order valence-electron chi connectivity index (χ0n) is 9.63. The Balaban J connectivity index is 2.77. The van der Waals surface area contributed by atoms with E-state index in [1.165, 1.54) is 18.2 Å². The Kier molecular flexibility index (Phi) is 5.26. The van der Waals surface area contributed by atoms with E-state index < -0.39 is 4.92 Å². The first-order chi connectivity index (χ1) is 8.54. The summed E-state index contributed by atoms with van der Waals surface area (Å²) in [7, 11) is 0. The maximum Gasteiger partial charge on any atom is 0.309 e. The van der Waals surface area contributed by atoms with E-state index >= 15 is 0 Å². The zero-order chi connectivity index (χ0) is 13.5. The van der Waals surface area contributed by atoms with E-state index in [1.54, 1.807) is 6.92 Å². The predicted octanol–water partition coefficient (Wildman–Crippen LogP) is 2.61. The molecule has 0 fully saturated rings. The Morgan fingerprint density at radius 3 is 3.00 bits per heavy atom. The van der Waals surface area contributed by atoms with Crippen LogP contribution in [0.4, 0.5) is 5.69 Å². The molecule has 0 aliphatic heterocycles. The van der Waals surface area contributed by atoms with Gasteiger partial charge >= 0.3 is 5.97 Å².